The smallest absolute Gasteiger partial charge is 0.322 e. The molecule has 0 bridgehead atoms. The summed E-state index contributed by atoms with van der Waals surface area (Å²) in [6.07, 6.45) is 0.415. The van der Waals surface area contributed by atoms with Gasteiger partial charge in [0, 0.05) is 45.2 Å². The number of likely N-dealkylation sites (N-methyl/N-ethyl adjacent to an activating group) is 2. The Balaban J connectivity index is 1.91. The van der Waals surface area contributed by atoms with Crippen LogP contribution in [0.1, 0.15) is 6.42 Å². The van der Waals surface area contributed by atoms with Gasteiger partial charge in [0.15, 0.2) is 0 Å². The summed E-state index contributed by atoms with van der Waals surface area (Å²) in [6, 6.07) is 0.107. The second-order valence-electron chi connectivity index (χ2n) is 4.95. The Hall–Kier alpha value is -1.14. The topological polar surface area (TPSA) is 55.9 Å². The molecule has 17 heavy (non-hydrogen) atoms. The summed E-state index contributed by atoms with van der Waals surface area (Å²) < 4.78 is 0. The minimum Gasteiger partial charge on any atom is -0.322 e. The highest BCUT2D eigenvalue weighted by atomic mass is 16.2. The van der Waals surface area contributed by atoms with Crippen LogP contribution in [0.3, 0.4) is 0 Å². The van der Waals surface area contributed by atoms with E-state index in [2.05, 4.69) is 29.2 Å². The fraction of sp³-hybridized carbons (Fsp3) is 0.818. The van der Waals surface area contributed by atoms with Crippen molar-refractivity contribution >= 4 is 11.9 Å². The van der Waals surface area contributed by atoms with E-state index in [4.69, 9.17) is 0 Å². The molecule has 2 rings (SSSR count). The molecule has 6 nitrogen and oxygen atoms in total. The van der Waals surface area contributed by atoms with Crippen molar-refractivity contribution in [1.29, 1.82) is 0 Å². The summed E-state index contributed by atoms with van der Waals surface area (Å²) in [7, 11) is 4.18. The van der Waals surface area contributed by atoms with E-state index in [1.165, 1.54) is 0 Å². The Labute approximate surface area is 102 Å². The molecule has 2 heterocycles. The number of urea groups is 1. The highest BCUT2D eigenvalue weighted by molar-refractivity contribution is 5.96. The van der Waals surface area contributed by atoms with E-state index in [0.29, 0.717) is 25.6 Å². The fourth-order valence-corrected chi connectivity index (χ4v) is 2.33. The molecule has 0 saturated carbocycles. The lowest BCUT2D eigenvalue weighted by molar-refractivity contribution is -0.121. The van der Waals surface area contributed by atoms with Crippen LogP contribution in [0, 0.1) is 0 Å². The van der Waals surface area contributed by atoms with Crippen LogP contribution >= 0.6 is 0 Å². The molecular formula is C11H20N4O2. The third kappa shape index (κ3) is 2.95. The number of imide groups is 1. The van der Waals surface area contributed by atoms with Crippen molar-refractivity contribution in [3.63, 3.8) is 0 Å². The quantitative estimate of drug-likeness (QED) is 0.685. The molecule has 6 heteroatoms. The molecule has 0 spiro atoms. The molecule has 1 N–H and O–H groups in total. The van der Waals surface area contributed by atoms with Crippen LogP contribution in [0.4, 0.5) is 4.79 Å². The van der Waals surface area contributed by atoms with Gasteiger partial charge in [-0.3, -0.25) is 15.0 Å². The molecule has 2 aliphatic rings. The zero-order chi connectivity index (χ0) is 12.4. The Morgan fingerprint density at radius 1 is 1.24 bits per heavy atom. The second kappa shape index (κ2) is 5.01. The van der Waals surface area contributed by atoms with Crippen LogP contribution in [0.2, 0.25) is 0 Å². The number of nitrogens with zero attached hydrogens (tertiary/aromatic N) is 3. The predicted octanol–water partition coefficient (Wildman–Crippen LogP) is -0.826. The molecule has 2 saturated heterocycles. The highest BCUT2D eigenvalue weighted by Gasteiger charge is 2.29. The molecule has 96 valence electrons. The molecule has 1 atom stereocenters. The number of hydrogen-bond donors (Lipinski definition) is 1. The first kappa shape index (κ1) is 12.3. The Kier molecular flexibility index (Phi) is 3.63. The third-order valence-corrected chi connectivity index (χ3v) is 3.55. The van der Waals surface area contributed by atoms with E-state index in [9.17, 15) is 9.59 Å². The monoisotopic (exact) mass is 240 g/mol. The van der Waals surface area contributed by atoms with Gasteiger partial charge in [-0.2, -0.15) is 0 Å². The number of carbonyl (C=O) groups excluding carboxylic acids is 2. The Morgan fingerprint density at radius 2 is 2.00 bits per heavy atom. The first-order valence-corrected chi connectivity index (χ1v) is 6.04. The van der Waals surface area contributed by atoms with Gasteiger partial charge in [-0.1, -0.05) is 0 Å². The van der Waals surface area contributed by atoms with E-state index >= 15 is 0 Å². The minimum atomic E-state index is -0.247. The van der Waals surface area contributed by atoms with Crippen molar-refractivity contribution in [2.75, 3.05) is 46.8 Å². The van der Waals surface area contributed by atoms with Crippen molar-refractivity contribution in [3.05, 3.63) is 0 Å². The van der Waals surface area contributed by atoms with E-state index in [0.717, 1.165) is 19.6 Å². The van der Waals surface area contributed by atoms with Crippen molar-refractivity contribution in [2.24, 2.45) is 0 Å². The lowest BCUT2D eigenvalue weighted by Crippen LogP contribution is -2.58. The standard InChI is InChI=1S/C11H20N4O2/c1-13-5-6-14(2)9(7-13)8-15-4-3-10(16)12-11(15)17/h9H,3-8H2,1-2H3,(H,12,16,17). The summed E-state index contributed by atoms with van der Waals surface area (Å²) in [5, 5.41) is 2.36. The molecule has 2 fully saturated rings. The van der Waals surface area contributed by atoms with Crippen LogP contribution in [0.15, 0.2) is 0 Å². The SMILES string of the molecule is CN1CCN(C)C(CN2CCC(=O)NC2=O)C1. The maximum Gasteiger partial charge on any atom is 0.324 e. The summed E-state index contributed by atoms with van der Waals surface area (Å²) in [5.41, 5.74) is 0. The van der Waals surface area contributed by atoms with Gasteiger partial charge in [-0.15, -0.1) is 0 Å². The summed E-state index contributed by atoms with van der Waals surface area (Å²) in [6.45, 7) is 4.29. The number of nitrogens with one attached hydrogen (secondary N) is 1. The average molecular weight is 240 g/mol. The molecule has 0 aromatic carbocycles. The fourth-order valence-electron chi connectivity index (χ4n) is 2.33. The number of carbonyl (C=O) groups is 2. The largest absolute Gasteiger partial charge is 0.324 e. The predicted molar refractivity (Wildman–Crippen MR) is 63.6 cm³/mol. The molecule has 0 aliphatic carbocycles. The van der Waals surface area contributed by atoms with Crippen LogP contribution in [0.5, 0.6) is 0 Å². The van der Waals surface area contributed by atoms with Crippen molar-refractivity contribution in [2.45, 2.75) is 12.5 Å². The zero-order valence-corrected chi connectivity index (χ0v) is 10.5. The van der Waals surface area contributed by atoms with Crippen molar-refractivity contribution in [1.82, 2.24) is 20.0 Å². The molecule has 0 radical (unpaired) electrons. The molecule has 0 aromatic rings. The first-order valence-electron chi connectivity index (χ1n) is 6.04. The third-order valence-electron chi connectivity index (χ3n) is 3.55. The van der Waals surface area contributed by atoms with Crippen molar-refractivity contribution in [3.8, 4) is 0 Å². The van der Waals surface area contributed by atoms with Crippen LogP contribution in [-0.4, -0.2) is 79.5 Å². The molecular weight excluding hydrogens is 220 g/mol. The van der Waals surface area contributed by atoms with Gasteiger partial charge in [0.2, 0.25) is 5.91 Å². The number of amides is 3. The van der Waals surface area contributed by atoms with Gasteiger partial charge in [0.1, 0.15) is 0 Å². The van der Waals surface area contributed by atoms with Crippen LogP contribution in [0.25, 0.3) is 0 Å². The highest BCUT2D eigenvalue weighted by Crippen LogP contribution is 2.10. The van der Waals surface area contributed by atoms with E-state index in [1.54, 1.807) is 4.90 Å². The normalized spacial score (nSPS) is 28.4. The van der Waals surface area contributed by atoms with Gasteiger partial charge >= 0.3 is 6.03 Å². The minimum absolute atomic E-state index is 0.166. The first-order chi connectivity index (χ1) is 8.06. The van der Waals surface area contributed by atoms with Crippen LogP contribution in [-0.2, 0) is 4.79 Å². The summed E-state index contributed by atoms with van der Waals surface area (Å²) in [5.74, 6) is -0.166. The average Bonchev–Trinajstić information content (AvgIpc) is 2.27. The lowest BCUT2D eigenvalue weighted by Gasteiger charge is -2.40. The zero-order valence-electron chi connectivity index (χ0n) is 10.5. The Morgan fingerprint density at radius 3 is 2.71 bits per heavy atom. The van der Waals surface area contributed by atoms with E-state index in [1.807, 2.05) is 0 Å². The number of hydrogen-bond acceptors (Lipinski definition) is 4. The second-order valence-corrected chi connectivity index (χ2v) is 4.95. The summed E-state index contributed by atoms with van der Waals surface area (Å²) in [4.78, 5) is 29.0. The summed E-state index contributed by atoms with van der Waals surface area (Å²) >= 11 is 0. The lowest BCUT2D eigenvalue weighted by atomic mass is 10.1. The molecule has 2 aliphatic heterocycles. The van der Waals surface area contributed by atoms with E-state index < -0.39 is 0 Å². The van der Waals surface area contributed by atoms with Gasteiger partial charge in [0.05, 0.1) is 0 Å². The molecule has 1 unspecified atom stereocenters. The van der Waals surface area contributed by atoms with Gasteiger partial charge < -0.3 is 9.80 Å². The molecule has 3 amide bonds. The maximum atomic E-state index is 11.6. The molecule has 0 aromatic heterocycles. The van der Waals surface area contributed by atoms with Gasteiger partial charge in [-0.25, -0.2) is 4.79 Å². The van der Waals surface area contributed by atoms with Gasteiger partial charge in [0.25, 0.3) is 0 Å². The van der Waals surface area contributed by atoms with Gasteiger partial charge in [-0.05, 0) is 14.1 Å². The Bertz CT molecular complexity index is 321. The number of piperazine rings is 1. The van der Waals surface area contributed by atoms with E-state index in [-0.39, 0.29) is 11.9 Å². The van der Waals surface area contributed by atoms with Crippen molar-refractivity contribution < 1.29 is 9.59 Å². The maximum absolute atomic E-state index is 11.6. The van der Waals surface area contributed by atoms with Crippen LogP contribution < -0.4 is 5.32 Å². The number of rotatable bonds is 2.